The Kier molecular flexibility index (Phi) is 7.48. The summed E-state index contributed by atoms with van der Waals surface area (Å²) in [5.41, 5.74) is 2.31. The highest BCUT2D eigenvalue weighted by atomic mass is 35.5. The number of carboxylic acids is 1. The van der Waals surface area contributed by atoms with Crippen LogP contribution >= 0.6 is 11.6 Å². The molecular weight excluding hydrogens is 520 g/mol. The molecule has 2 aliphatic rings. The maximum absolute atomic E-state index is 13.5. The fraction of sp³-hybridized carbons (Fsp3) is 0.464. The number of carboxylic acid groups (broad SMARTS) is 1. The first kappa shape index (κ1) is 26.9. The number of benzene rings is 1. The average molecular weight is 553 g/mol. The number of pyridine rings is 1. The van der Waals surface area contributed by atoms with Crippen molar-refractivity contribution in [1.82, 2.24) is 24.3 Å². The molecule has 0 aliphatic carbocycles. The third kappa shape index (κ3) is 5.30. The van der Waals surface area contributed by atoms with E-state index in [1.807, 2.05) is 35.8 Å². The molecule has 11 heteroatoms. The van der Waals surface area contributed by atoms with Crippen LogP contribution in [-0.2, 0) is 7.05 Å². The Balaban J connectivity index is 1.46. The van der Waals surface area contributed by atoms with Gasteiger partial charge in [-0.05, 0) is 63.3 Å². The lowest BCUT2D eigenvalue weighted by Crippen LogP contribution is -2.45. The summed E-state index contributed by atoms with van der Waals surface area (Å²) >= 11 is 5.92. The fourth-order valence-electron chi connectivity index (χ4n) is 5.73. The van der Waals surface area contributed by atoms with Crippen molar-refractivity contribution in [2.45, 2.75) is 51.5 Å². The van der Waals surface area contributed by atoms with Crippen LogP contribution in [0.2, 0.25) is 5.15 Å². The van der Waals surface area contributed by atoms with Crippen LogP contribution in [-0.4, -0.2) is 67.6 Å². The van der Waals surface area contributed by atoms with Gasteiger partial charge in [0.2, 0.25) is 0 Å². The fourth-order valence-corrected chi connectivity index (χ4v) is 5.87. The minimum Gasteiger partial charge on any atom is -0.476 e. The zero-order valence-electron chi connectivity index (χ0n) is 22.4. The molecular formula is C28H33ClN6O4. The predicted molar refractivity (Wildman–Crippen MR) is 150 cm³/mol. The molecule has 2 amide bonds. The zero-order chi connectivity index (χ0) is 27.8. The summed E-state index contributed by atoms with van der Waals surface area (Å²) in [6, 6.07) is 6.67. The predicted octanol–water partition coefficient (Wildman–Crippen LogP) is 4.56. The van der Waals surface area contributed by atoms with Gasteiger partial charge in [0, 0.05) is 44.7 Å². The van der Waals surface area contributed by atoms with Gasteiger partial charge in [0.25, 0.3) is 5.56 Å². The summed E-state index contributed by atoms with van der Waals surface area (Å²) in [5.74, 6) is -0.436. The number of carbonyl (C=O) groups is 2. The summed E-state index contributed by atoms with van der Waals surface area (Å²) in [4.78, 5) is 51.0. The van der Waals surface area contributed by atoms with Gasteiger partial charge < -0.3 is 20.2 Å². The van der Waals surface area contributed by atoms with Crippen LogP contribution in [0.25, 0.3) is 10.9 Å². The summed E-state index contributed by atoms with van der Waals surface area (Å²) in [5, 5.41) is 13.4. The molecule has 3 aromatic rings. The van der Waals surface area contributed by atoms with Gasteiger partial charge in [-0.1, -0.05) is 17.7 Å². The van der Waals surface area contributed by atoms with Crippen LogP contribution in [0.1, 0.15) is 72.0 Å². The van der Waals surface area contributed by atoms with Crippen molar-refractivity contribution in [3.05, 3.63) is 62.4 Å². The van der Waals surface area contributed by atoms with E-state index < -0.39 is 5.97 Å². The second kappa shape index (κ2) is 10.8. The number of fused-ring (bicyclic) bond motifs is 1. The Hall–Kier alpha value is -3.66. The average Bonchev–Trinajstić information content (AvgIpc) is 3.46. The van der Waals surface area contributed by atoms with E-state index >= 15 is 0 Å². The molecule has 0 unspecified atom stereocenters. The third-order valence-electron chi connectivity index (χ3n) is 7.80. The third-order valence-corrected chi connectivity index (χ3v) is 8.01. The van der Waals surface area contributed by atoms with Crippen LogP contribution in [0.5, 0.6) is 0 Å². The number of piperidine rings is 1. The quantitative estimate of drug-likeness (QED) is 0.445. The summed E-state index contributed by atoms with van der Waals surface area (Å²) in [6.07, 6.45) is 3.59. The normalized spacial score (nSPS) is 17.0. The molecule has 2 N–H and O–H groups in total. The minimum atomic E-state index is -1.19. The molecule has 0 spiro atoms. The lowest BCUT2D eigenvalue weighted by Gasteiger charge is -2.34. The molecule has 2 saturated heterocycles. The van der Waals surface area contributed by atoms with Crippen LogP contribution in [0.3, 0.4) is 0 Å². The highest BCUT2D eigenvalue weighted by Crippen LogP contribution is 2.31. The molecule has 0 radical (unpaired) electrons. The van der Waals surface area contributed by atoms with Crippen molar-refractivity contribution < 1.29 is 14.7 Å². The first-order valence-corrected chi connectivity index (χ1v) is 13.7. The number of carbonyl (C=O) groups excluding carboxylic acids is 1. The number of hydrogen-bond donors (Lipinski definition) is 2. The van der Waals surface area contributed by atoms with Crippen molar-refractivity contribution in [2.24, 2.45) is 7.05 Å². The van der Waals surface area contributed by atoms with E-state index in [1.165, 1.54) is 6.07 Å². The topological polar surface area (TPSA) is 121 Å². The van der Waals surface area contributed by atoms with Gasteiger partial charge in [-0.2, -0.15) is 0 Å². The van der Waals surface area contributed by atoms with Gasteiger partial charge in [0.1, 0.15) is 11.0 Å². The number of urea groups is 1. The number of amides is 2. The monoisotopic (exact) mass is 552 g/mol. The van der Waals surface area contributed by atoms with E-state index in [4.69, 9.17) is 16.6 Å². The van der Waals surface area contributed by atoms with Crippen LogP contribution in [0.4, 0.5) is 10.5 Å². The molecule has 2 aliphatic heterocycles. The number of anilines is 1. The van der Waals surface area contributed by atoms with E-state index in [9.17, 15) is 19.5 Å². The van der Waals surface area contributed by atoms with Gasteiger partial charge in [-0.3, -0.25) is 9.36 Å². The van der Waals surface area contributed by atoms with Gasteiger partial charge in [0.05, 0.1) is 22.6 Å². The van der Waals surface area contributed by atoms with Crippen molar-refractivity contribution in [2.75, 3.05) is 31.5 Å². The number of halogens is 1. The first-order chi connectivity index (χ1) is 18.6. The SMILES string of the molecule is Cc1cc([C@@H](C)Nc2ccc(Cl)nc2C(=O)O)c2nc(C3CCN(C(=O)N4CCCC4)CC3)n(C)c(=O)c2c1. The molecule has 0 saturated carbocycles. The number of rotatable bonds is 5. The number of likely N-dealkylation sites (tertiary alicyclic amines) is 2. The lowest BCUT2D eigenvalue weighted by atomic mass is 9.94. The molecule has 1 atom stereocenters. The van der Waals surface area contributed by atoms with Crippen LogP contribution in [0.15, 0.2) is 29.1 Å². The number of aromatic carboxylic acids is 1. The highest BCUT2D eigenvalue weighted by molar-refractivity contribution is 6.29. The van der Waals surface area contributed by atoms with Gasteiger partial charge >= 0.3 is 12.0 Å². The van der Waals surface area contributed by atoms with Gasteiger partial charge in [0.15, 0.2) is 5.69 Å². The second-order valence-electron chi connectivity index (χ2n) is 10.5. The molecule has 206 valence electrons. The number of aryl methyl sites for hydroxylation is 1. The molecule has 1 aromatic carbocycles. The number of nitrogens with one attached hydrogen (secondary N) is 1. The maximum Gasteiger partial charge on any atom is 0.356 e. The molecule has 2 fully saturated rings. The Morgan fingerprint density at radius 3 is 2.41 bits per heavy atom. The van der Waals surface area contributed by atoms with Crippen LogP contribution < -0.4 is 10.9 Å². The van der Waals surface area contributed by atoms with Crippen molar-refractivity contribution in [3.8, 4) is 0 Å². The summed E-state index contributed by atoms with van der Waals surface area (Å²) < 4.78 is 1.64. The lowest BCUT2D eigenvalue weighted by molar-refractivity contribution is 0.0691. The van der Waals surface area contributed by atoms with E-state index in [0.717, 1.165) is 49.9 Å². The largest absolute Gasteiger partial charge is 0.476 e. The standard InChI is InChI=1S/C28H33ClN6O4/c1-16-14-19(17(2)30-21-6-7-22(29)31-24(21)27(37)38)23-20(15-16)26(36)33(3)25(32-23)18-8-12-35(13-9-18)28(39)34-10-4-5-11-34/h6-7,14-15,17-18,30H,4-5,8-13H2,1-3H3,(H,37,38)/t17-/m1/s1. The number of hydrogen-bond acceptors (Lipinski definition) is 6. The summed E-state index contributed by atoms with van der Waals surface area (Å²) in [6.45, 7) is 6.74. The van der Waals surface area contributed by atoms with E-state index in [2.05, 4.69) is 10.3 Å². The smallest absolute Gasteiger partial charge is 0.356 e. The molecule has 39 heavy (non-hydrogen) atoms. The van der Waals surface area contributed by atoms with E-state index in [1.54, 1.807) is 17.7 Å². The van der Waals surface area contributed by atoms with Crippen molar-refractivity contribution in [1.29, 1.82) is 0 Å². The molecule has 4 heterocycles. The zero-order valence-corrected chi connectivity index (χ0v) is 23.2. The molecule has 5 rings (SSSR count). The Bertz CT molecular complexity index is 1490. The molecule has 0 bridgehead atoms. The van der Waals surface area contributed by atoms with Gasteiger partial charge in [-0.25, -0.2) is 19.6 Å². The summed E-state index contributed by atoms with van der Waals surface area (Å²) in [7, 11) is 1.76. The van der Waals surface area contributed by atoms with Gasteiger partial charge in [-0.15, -0.1) is 0 Å². The number of aromatic nitrogens is 3. The minimum absolute atomic E-state index is 0.0474. The Morgan fingerprint density at radius 1 is 1.08 bits per heavy atom. The Morgan fingerprint density at radius 2 is 1.74 bits per heavy atom. The Labute approximate surface area is 231 Å². The van der Waals surface area contributed by atoms with E-state index in [0.29, 0.717) is 35.5 Å². The van der Waals surface area contributed by atoms with E-state index in [-0.39, 0.29) is 34.4 Å². The number of nitrogens with zero attached hydrogens (tertiary/aromatic N) is 5. The van der Waals surface area contributed by atoms with Crippen molar-refractivity contribution >= 4 is 40.2 Å². The maximum atomic E-state index is 13.5. The first-order valence-electron chi connectivity index (χ1n) is 13.4. The van der Waals surface area contributed by atoms with Crippen molar-refractivity contribution in [3.63, 3.8) is 0 Å². The molecule has 2 aromatic heterocycles. The van der Waals surface area contributed by atoms with Crippen LogP contribution in [0, 0.1) is 6.92 Å². The second-order valence-corrected chi connectivity index (χ2v) is 10.9. The molecule has 10 nitrogen and oxygen atoms in total. The highest BCUT2D eigenvalue weighted by Gasteiger charge is 2.30.